The summed E-state index contributed by atoms with van der Waals surface area (Å²) in [6.45, 7) is 9.89. The molecular formula is C21H40NO4+. The Balaban J connectivity index is 2.64. The van der Waals surface area contributed by atoms with E-state index in [0.29, 0.717) is 36.2 Å². The van der Waals surface area contributed by atoms with E-state index in [-0.39, 0.29) is 5.97 Å². The van der Waals surface area contributed by atoms with E-state index in [0.717, 1.165) is 49.7 Å². The summed E-state index contributed by atoms with van der Waals surface area (Å²) < 4.78 is 17.6. The van der Waals surface area contributed by atoms with Crippen LogP contribution >= 0.6 is 0 Å². The Bertz CT molecular complexity index is 449. The molecule has 152 valence electrons. The predicted octanol–water partition coefficient (Wildman–Crippen LogP) is 3.43. The number of carbonyl (C=O) groups excluding carboxylic acids is 1. The molecule has 4 unspecified atom stereocenters. The van der Waals surface area contributed by atoms with Gasteiger partial charge >= 0.3 is 5.97 Å². The third-order valence-electron chi connectivity index (χ3n) is 5.52. The molecule has 0 spiro atoms. The van der Waals surface area contributed by atoms with Gasteiger partial charge in [0.25, 0.3) is 0 Å². The van der Waals surface area contributed by atoms with Crippen LogP contribution in [0.5, 0.6) is 0 Å². The molecular weight excluding hydrogens is 330 g/mol. The molecule has 0 aromatic carbocycles. The lowest BCUT2D eigenvalue weighted by atomic mass is 9.93. The highest BCUT2D eigenvalue weighted by molar-refractivity contribution is 5.86. The molecule has 1 rings (SSSR count). The maximum Gasteiger partial charge on any atom is 0.333 e. The largest absolute Gasteiger partial charge is 0.456 e. The molecule has 0 aromatic heterocycles. The topological polar surface area (TPSA) is 44.8 Å². The molecule has 0 aliphatic heterocycles. The van der Waals surface area contributed by atoms with Gasteiger partial charge in [-0.25, -0.2) is 4.79 Å². The molecule has 0 amide bonds. The van der Waals surface area contributed by atoms with Gasteiger partial charge < -0.3 is 18.7 Å². The van der Waals surface area contributed by atoms with Crippen LogP contribution in [0.1, 0.15) is 46.0 Å². The molecule has 5 nitrogen and oxygen atoms in total. The zero-order valence-electron chi connectivity index (χ0n) is 17.8. The lowest BCUT2D eigenvalue weighted by Gasteiger charge is -2.34. The smallest absolute Gasteiger partial charge is 0.333 e. The van der Waals surface area contributed by atoms with E-state index in [1.165, 1.54) is 0 Å². The van der Waals surface area contributed by atoms with Crippen LogP contribution in [0.4, 0.5) is 0 Å². The minimum Gasteiger partial charge on any atom is -0.456 e. The SMILES string of the molecule is C=C(C)C(=O)OCC[N+](C)(C)CC1CCC(OC)CC(C)CC(OC)C1. The van der Waals surface area contributed by atoms with Gasteiger partial charge in [-0.2, -0.15) is 0 Å². The van der Waals surface area contributed by atoms with Crippen LogP contribution in [0.25, 0.3) is 0 Å². The van der Waals surface area contributed by atoms with E-state index in [1.54, 1.807) is 6.92 Å². The van der Waals surface area contributed by atoms with Gasteiger partial charge in [0, 0.05) is 25.7 Å². The Labute approximate surface area is 160 Å². The Morgan fingerprint density at radius 3 is 2.27 bits per heavy atom. The van der Waals surface area contributed by atoms with Crippen LogP contribution in [0, 0.1) is 11.8 Å². The lowest BCUT2D eigenvalue weighted by Crippen LogP contribution is -2.46. The number of carbonyl (C=O) groups is 1. The summed E-state index contributed by atoms with van der Waals surface area (Å²) in [4.78, 5) is 11.6. The zero-order chi connectivity index (χ0) is 19.7. The molecule has 26 heavy (non-hydrogen) atoms. The van der Waals surface area contributed by atoms with E-state index in [2.05, 4.69) is 27.6 Å². The summed E-state index contributed by atoms with van der Waals surface area (Å²) in [6.07, 6.45) is 6.20. The first-order chi connectivity index (χ1) is 12.2. The van der Waals surface area contributed by atoms with Crippen molar-refractivity contribution in [2.24, 2.45) is 11.8 Å². The van der Waals surface area contributed by atoms with E-state index in [9.17, 15) is 4.79 Å². The van der Waals surface area contributed by atoms with Crippen LogP contribution in [0.3, 0.4) is 0 Å². The van der Waals surface area contributed by atoms with Crippen molar-refractivity contribution >= 4 is 5.97 Å². The maximum absolute atomic E-state index is 11.6. The van der Waals surface area contributed by atoms with Gasteiger partial charge in [-0.1, -0.05) is 13.5 Å². The quantitative estimate of drug-likeness (QED) is 0.373. The normalized spacial score (nSPS) is 27.9. The Kier molecular flexibility index (Phi) is 9.83. The molecule has 5 heteroatoms. The molecule has 0 saturated heterocycles. The highest BCUT2D eigenvalue weighted by atomic mass is 16.5. The number of ether oxygens (including phenoxy) is 3. The molecule has 0 radical (unpaired) electrons. The van der Waals surface area contributed by atoms with Gasteiger partial charge in [0.15, 0.2) is 0 Å². The fourth-order valence-corrected chi connectivity index (χ4v) is 3.99. The van der Waals surface area contributed by atoms with Gasteiger partial charge in [-0.15, -0.1) is 0 Å². The van der Waals surface area contributed by atoms with Crippen molar-refractivity contribution in [3.8, 4) is 0 Å². The predicted molar refractivity (Wildman–Crippen MR) is 105 cm³/mol. The first-order valence-corrected chi connectivity index (χ1v) is 9.87. The third kappa shape index (κ3) is 8.65. The molecule has 0 heterocycles. The van der Waals surface area contributed by atoms with E-state index in [1.807, 2.05) is 14.2 Å². The van der Waals surface area contributed by atoms with E-state index < -0.39 is 0 Å². The second-order valence-electron chi connectivity index (χ2n) is 8.73. The Morgan fingerprint density at radius 2 is 1.69 bits per heavy atom. The summed E-state index contributed by atoms with van der Waals surface area (Å²) in [5.41, 5.74) is 0.453. The average Bonchev–Trinajstić information content (AvgIpc) is 2.63. The van der Waals surface area contributed by atoms with Crippen LogP contribution in [-0.2, 0) is 19.0 Å². The number of nitrogens with zero attached hydrogens (tertiary/aromatic N) is 1. The van der Waals surface area contributed by atoms with Gasteiger partial charge in [-0.3, -0.25) is 0 Å². The number of quaternary nitrogens is 1. The van der Waals surface area contributed by atoms with Crippen molar-refractivity contribution in [1.29, 1.82) is 0 Å². The second-order valence-corrected chi connectivity index (χ2v) is 8.73. The molecule has 0 bridgehead atoms. The van der Waals surface area contributed by atoms with Crippen LogP contribution in [-0.4, -0.2) is 70.7 Å². The summed E-state index contributed by atoms with van der Waals surface area (Å²) >= 11 is 0. The second kappa shape index (κ2) is 11.1. The maximum atomic E-state index is 11.6. The number of hydrogen-bond donors (Lipinski definition) is 0. The molecule has 1 aliphatic carbocycles. The van der Waals surface area contributed by atoms with Gasteiger partial charge in [0.2, 0.25) is 0 Å². The highest BCUT2D eigenvalue weighted by Crippen LogP contribution is 2.29. The Morgan fingerprint density at radius 1 is 1.08 bits per heavy atom. The highest BCUT2D eigenvalue weighted by Gasteiger charge is 2.29. The van der Waals surface area contributed by atoms with Crippen LogP contribution in [0.2, 0.25) is 0 Å². The summed E-state index contributed by atoms with van der Waals surface area (Å²) in [5.74, 6) is 0.895. The van der Waals surface area contributed by atoms with Gasteiger partial charge in [-0.05, 0) is 44.9 Å². The minimum absolute atomic E-state index is 0.302. The fourth-order valence-electron chi connectivity index (χ4n) is 3.99. The lowest BCUT2D eigenvalue weighted by molar-refractivity contribution is -0.894. The van der Waals surface area contributed by atoms with Crippen molar-refractivity contribution in [3.05, 3.63) is 12.2 Å². The molecule has 1 aliphatic rings. The van der Waals surface area contributed by atoms with Crippen molar-refractivity contribution < 1.29 is 23.5 Å². The standard InChI is InChI=1S/C21H40NO4/c1-16(2)21(23)26-11-10-22(4,5)15-18-8-9-19(24-6)12-17(3)13-20(14-18)25-7/h17-20H,1,8-15H2,2-7H3/q+1. The number of rotatable bonds is 8. The number of methoxy groups -OCH3 is 2. The first kappa shape index (κ1) is 23.1. The van der Waals surface area contributed by atoms with E-state index in [4.69, 9.17) is 14.2 Å². The molecule has 0 aromatic rings. The summed E-state index contributed by atoms with van der Waals surface area (Å²) in [7, 11) is 8.07. The average molecular weight is 371 g/mol. The number of esters is 1. The van der Waals surface area contributed by atoms with Gasteiger partial charge in [0.1, 0.15) is 13.2 Å². The van der Waals surface area contributed by atoms with E-state index >= 15 is 0 Å². The molecule has 0 N–H and O–H groups in total. The monoisotopic (exact) mass is 370 g/mol. The summed E-state index contributed by atoms with van der Waals surface area (Å²) in [6, 6.07) is 0. The zero-order valence-corrected chi connectivity index (χ0v) is 17.8. The van der Waals surface area contributed by atoms with Crippen LogP contribution < -0.4 is 0 Å². The summed E-state index contributed by atoms with van der Waals surface area (Å²) in [5, 5.41) is 0. The first-order valence-electron chi connectivity index (χ1n) is 9.87. The minimum atomic E-state index is -0.302. The molecule has 1 fully saturated rings. The van der Waals surface area contributed by atoms with Crippen molar-refractivity contribution in [3.63, 3.8) is 0 Å². The molecule has 1 saturated carbocycles. The Hall–Kier alpha value is -0.910. The van der Waals surface area contributed by atoms with Crippen molar-refractivity contribution in [1.82, 2.24) is 0 Å². The van der Waals surface area contributed by atoms with Gasteiger partial charge in [0.05, 0.1) is 32.8 Å². The van der Waals surface area contributed by atoms with Crippen LogP contribution in [0.15, 0.2) is 12.2 Å². The fraction of sp³-hybridized carbons (Fsp3) is 0.857. The number of likely N-dealkylation sites (N-methyl/N-ethyl adjacent to an activating group) is 1. The van der Waals surface area contributed by atoms with Crippen molar-refractivity contribution in [2.75, 3.05) is 48.0 Å². The van der Waals surface area contributed by atoms with Crippen molar-refractivity contribution in [2.45, 2.75) is 58.2 Å². The molecule has 4 atom stereocenters. The third-order valence-corrected chi connectivity index (χ3v) is 5.52. The number of hydrogen-bond acceptors (Lipinski definition) is 4.